The fraction of sp³-hybridized carbons (Fsp3) is 1.00. The van der Waals surface area contributed by atoms with Gasteiger partial charge in [0.05, 0.1) is 6.61 Å². The van der Waals surface area contributed by atoms with Crippen LogP contribution < -0.4 is 0 Å². The monoisotopic (exact) mass is 237 g/mol. The average molecular weight is 237 g/mol. The van der Waals surface area contributed by atoms with Crippen LogP contribution in [0.15, 0.2) is 0 Å². The molecule has 0 aromatic carbocycles. The van der Waals surface area contributed by atoms with E-state index in [-0.39, 0.29) is 0 Å². The zero-order chi connectivity index (χ0) is 12.5. The van der Waals surface area contributed by atoms with E-state index in [0.29, 0.717) is 0 Å². The summed E-state index contributed by atoms with van der Waals surface area (Å²) >= 11 is 0. The van der Waals surface area contributed by atoms with Gasteiger partial charge in [-0.3, -0.25) is 30.3 Å². The summed E-state index contributed by atoms with van der Waals surface area (Å²) in [5.41, 5.74) is 0. The van der Waals surface area contributed by atoms with Crippen LogP contribution in [0.3, 0.4) is 0 Å². The lowest BCUT2D eigenvalue weighted by atomic mass is 10.0. The lowest BCUT2D eigenvalue weighted by Gasteiger charge is -2.12. The smallest absolute Gasteiger partial charge is 0.368 e. The summed E-state index contributed by atoms with van der Waals surface area (Å²) in [5.74, 6) is -5.17. The van der Waals surface area contributed by atoms with Crippen molar-refractivity contribution >= 4 is 0 Å². The van der Waals surface area contributed by atoms with Crippen LogP contribution in [0.25, 0.3) is 0 Å². The predicted molar refractivity (Wildman–Crippen MR) is 43.8 cm³/mol. The molecule has 16 heavy (non-hydrogen) atoms. The van der Waals surface area contributed by atoms with Gasteiger partial charge in [-0.1, -0.05) is 0 Å². The minimum Gasteiger partial charge on any atom is -0.368 e. The molecule has 0 bridgehead atoms. The van der Waals surface area contributed by atoms with E-state index in [9.17, 15) is 30.3 Å². The van der Waals surface area contributed by atoms with E-state index >= 15 is 0 Å². The number of aliphatic hydroxyl groups excluding tert-OH is 1. The molecule has 0 aliphatic carbocycles. The lowest BCUT2D eigenvalue weighted by molar-refractivity contribution is -0.978. The van der Waals surface area contributed by atoms with E-state index in [0.717, 1.165) is 0 Å². The number of nitro groups is 3. The Morgan fingerprint density at radius 3 is 1.81 bits per heavy atom. The topological polar surface area (TPSA) is 159 Å². The second-order valence-corrected chi connectivity index (χ2v) is 3.18. The van der Waals surface area contributed by atoms with Gasteiger partial charge in [-0.15, -0.1) is 0 Å². The maximum Gasteiger partial charge on any atom is 0.705 e. The van der Waals surface area contributed by atoms with Gasteiger partial charge in [0.25, 0.3) is 0 Å². The molecule has 0 amide bonds. The third kappa shape index (κ3) is 1.55. The van der Waals surface area contributed by atoms with Gasteiger partial charge in [-0.05, 0) is 0 Å². The Bertz CT molecular complexity index is 307. The molecule has 1 fully saturated rings. The molecule has 0 aromatic rings. The largest absolute Gasteiger partial charge is 0.705 e. The highest BCUT2D eigenvalue weighted by Crippen LogP contribution is 2.32. The Balaban J connectivity index is 3.17. The number of rotatable bonds is 4. The SMILES string of the molecule is O=[N+]([O-])C(C1COC(O)C1)([N+](=O)[O-])[N+](=O)[O-]. The molecule has 1 heterocycles. The number of ether oxygens (including phenoxy) is 1. The Labute approximate surface area is 87.1 Å². The van der Waals surface area contributed by atoms with Crippen molar-refractivity contribution in [2.75, 3.05) is 6.61 Å². The van der Waals surface area contributed by atoms with Gasteiger partial charge in [-0.2, -0.15) is 0 Å². The van der Waals surface area contributed by atoms with Crippen molar-refractivity contribution in [2.24, 2.45) is 5.92 Å². The minimum absolute atomic E-state index is 0.525. The van der Waals surface area contributed by atoms with Crippen molar-refractivity contribution in [1.82, 2.24) is 0 Å². The summed E-state index contributed by atoms with van der Waals surface area (Å²) < 4.78 is 4.46. The first kappa shape index (κ1) is 12.2. The molecule has 1 N–H and O–H groups in total. The summed E-state index contributed by atoms with van der Waals surface area (Å²) in [7, 11) is 0. The lowest BCUT2D eigenvalue weighted by Crippen LogP contribution is -2.59. The van der Waals surface area contributed by atoms with Crippen LogP contribution in [0.1, 0.15) is 6.42 Å². The quantitative estimate of drug-likeness (QED) is 0.363. The molecule has 90 valence electrons. The van der Waals surface area contributed by atoms with Gasteiger partial charge >= 0.3 is 5.79 Å². The van der Waals surface area contributed by atoms with Gasteiger partial charge < -0.3 is 9.84 Å². The number of hydrogen-bond donors (Lipinski definition) is 1. The highest BCUT2D eigenvalue weighted by Gasteiger charge is 2.77. The number of nitrogens with zero attached hydrogens (tertiary/aromatic N) is 3. The molecule has 0 spiro atoms. The summed E-state index contributed by atoms with van der Waals surface area (Å²) in [4.78, 5) is 27.0. The van der Waals surface area contributed by atoms with Crippen LogP contribution in [0.4, 0.5) is 0 Å². The Kier molecular flexibility index (Phi) is 3.00. The number of aliphatic hydroxyl groups is 1. The second kappa shape index (κ2) is 3.94. The Hall–Kier alpha value is -1.88. The second-order valence-electron chi connectivity index (χ2n) is 3.18. The summed E-state index contributed by atoms with van der Waals surface area (Å²) in [6, 6.07) is 0. The molecule has 1 aliphatic rings. The normalized spacial score (nSPS) is 25.3. The van der Waals surface area contributed by atoms with Crippen LogP contribution in [0.5, 0.6) is 0 Å². The maximum absolute atomic E-state index is 10.6. The third-order valence-corrected chi connectivity index (χ3v) is 2.33. The molecule has 2 unspecified atom stereocenters. The summed E-state index contributed by atoms with van der Waals surface area (Å²) in [6.07, 6.45) is -1.98. The zero-order valence-electron chi connectivity index (χ0n) is 7.72. The molecular weight excluding hydrogens is 230 g/mol. The fourth-order valence-corrected chi connectivity index (χ4v) is 1.52. The van der Waals surface area contributed by atoms with E-state index < -0.39 is 45.8 Å². The highest BCUT2D eigenvalue weighted by atomic mass is 16.7. The first-order chi connectivity index (χ1) is 7.33. The van der Waals surface area contributed by atoms with Crippen molar-refractivity contribution in [1.29, 1.82) is 0 Å². The van der Waals surface area contributed by atoms with E-state index in [2.05, 4.69) is 4.74 Å². The van der Waals surface area contributed by atoms with E-state index in [1.165, 1.54) is 0 Å². The summed E-state index contributed by atoms with van der Waals surface area (Å²) in [5, 5.41) is 40.7. The molecule has 11 nitrogen and oxygen atoms in total. The number of hydrogen-bond acceptors (Lipinski definition) is 8. The molecule has 0 aromatic heterocycles. The zero-order valence-corrected chi connectivity index (χ0v) is 7.72. The molecule has 1 rings (SSSR count). The fourth-order valence-electron chi connectivity index (χ4n) is 1.52. The van der Waals surface area contributed by atoms with Gasteiger partial charge in [0.1, 0.15) is 0 Å². The standard InChI is InChI=1S/C5H7N3O8/c9-4-1-3(2-16-4)5(6(10)11,7(12)13)8(14)15/h3-4,9H,1-2H2. The van der Waals surface area contributed by atoms with Gasteiger partial charge in [0.2, 0.25) is 5.92 Å². The van der Waals surface area contributed by atoms with Gasteiger partial charge in [0, 0.05) is 6.42 Å². The first-order valence-electron chi connectivity index (χ1n) is 4.06. The average Bonchev–Trinajstić information content (AvgIpc) is 2.50. The first-order valence-corrected chi connectivity index (χ1v) is 4.06. The predicted octanol–water partition coefficient (Wildman–Crippen LogP) is -1.17. The molecule has 11 heteroatoms. The van der Waals surface area contributed by atoms with Gasteiger partial charge in [0.15, 0.2) is 21.1 Å². The van der Waals surface area contributed by atoms with E-state index in [1.807, 2.05) is 0 Å². The van der Waals surface area contributed by atoms with Crippen LogP contribution in [-0.4, -0.2) is 38.6 Å². The van der Waals surface area contributed by atoms with Crippen molar-refractivity contribution < 1.29 is 24.6 Å². The van der Waals surface area contributed by atoms with Crippen LogP contribution in [0.2, 0.25) is 0 Å². The Morgan fingerprint density at radius 2 is 1.56 bits per heavy atom. The maximum atomic E-state index is 10.6. The van der Waals surface area contributed by atoms with Crippen LogP contribution >= 0.6 is 0 Å². The van der Waals surface area contributed by atoms with Crippen LogP contribution in [0, 0.1) is 36.3 Å². The molecule has 0 saturated carbocycles. The Morgan fingerprint density at radius 1 is 1.12 bits per heavy atom. The van der Waals surface area contributed by atoms with Crippen molar-refractivity contribution in [3.8, 4) is 0 Å². The molecule has 0 radical (unpaired) electrons. The van der Waals surface area contributed by atoms with Crippen molar-refractivity contribution in [2.45, 2.75) is 18.5 Å². The van der Waals surface area contributed by atoms with E-state index in [1.54, 1.807) is 0 Å². The van der Waals surface area contributed by atoms with Crippen LogP contribution in [-0.2, 0) is 4.74 Å². The molecule has 1 saturated heterocycles. The minimum atomic E-state index is -3.56. The summed E-state index contributed by atoms with van der Waals surface area (Å²) in [6.45, 7) is -0.607. The molecule has 1 aliphatic heterocycles. The van der Waals surface area contributed by atoms with Gasteiger partial charge in [-0.25, -0.2) is 0 Å². The van der Waals surface area contributed by atoms with Crippen molar-refractivity contribution in [3.63, 3.8) is 0 Å². The molecule has 2 atom stereocenters. The van der Waals surface area contributed by atoms with Crippen molar-refractivity contribution in [3.05, 3.63) is 30.3 Å². The molecular formula is C5H7N3O8. The van der Waals surface area contributed by atoms with E-state index in [4.69, 9.17) is 5.11 Å². The highest BCUT2D eigenvalue weighted by molar-refractivity contribution is 4.74. The third-order valence-electron chi connectivity index (χ3n) is 2.33.